The second-order valence-electron chi connectivity index (χ2n) is 12.5. The molecule has 0 amide bonds. The lowest BCUT2D eigenvalue weighted by Gasteiger charge is -2.60. The Bertz CT molecular complexity index is 731. The Morgan fingerprint density at radius 2 is 1.80 bits per heavy atom. The molecule has 7 atom stereocenters. The number of hydrogen-bond acceptors (Lipinski definition) is 2. The molecule has 4 rings (SSSR count). The van der Waals surface area contributed by atoms with Crippen molar-refractivity contribution in [3.8, 4) is 6.07 Å². The van der Waals surface area contributed by atoms with Crippen LogP contribution in [0, 0.1) is 51.2 Å². The normalized spacial score (nSPS) is 44.3. The Morgan fingerprint density at radius 1 is 1.03 bits per heavy atom. The Hall–Kier alpha value is -0.810. The van der Waals surface area contributed by atoms with Gasteiger partial charge in [0.25, 0.3) is 0 Å². The Labute approximate surface area is 185 Å². The summed E-state index contributed by atoms with van der Waals surface area (Å²) in [5, 5.41) is 20.6. The van der Waals surface area contributed by atoms with Crippen molar-refractivity contribution in [2.45, 2.75) is 118 Å². The van der Waals surface area contributed by atoms with Gasteiger partial charge >= 0.3 is 0 Å². The minimum absolute atomic E-state index is 0.0594. The average Bonchev–Trinajstić information content (AvgIpc) is 3.05. The molecule has 0 aliphatic heterocycles. The molecule has 0 unspecified atom stereocenters. The minimum Gasteiger partial charge on any atom is -0.393 e. The molecule has 0 bridgehead atoms. The number of nitriles is 1. The number of allylic oxidation sites excluding steroid dienone is 2. The van der Waals surface area contributed by atoms with E-state index in [0.717, 1.165) is 43.4 Å². The first-order chi connectivity index (χ1) is 14.2. The lowest BCUT2D eigenvalue weighted by molar-refractivity contribution is -0.0786. The van der Waals surface area contributed by atoms with E-state index >= 15 is 0 Å². The molecule has 0 aromatic rings. The topological polar surface area (TPSA) is 44.0 Å². The van der Waals surface area contributed by atoms with Crippen molar-refractivity contribution in [1.29, 1.82) is 5.26 Å². The number of aliphatic hydroxyl groups excluding tert-OH is 1. The summed E-state index contributed by atoms with van der Waals surface area (Å²) < 4.78 is 0. The van der Waals surface area contributed by atoms with Crippen LogP contribution in [0.2, 0.25) is 0 Å². The monoisotopic (exact) mass is 411 g/mol. The second kappa shape index (κ2) is 7.95. The highest BCUT2D eigenvalue weighted by molar-refractivity contribution is 5.37. The van der Waals surface area contributed by atoms with E-state index in [2.05, 4.69) is 40.7 Å². The first-order valence-corrected chi connectivity index (χ1v) is 13.0. The molecule has 0 aromatic carbocycles. The first-order valence-electron chi connectivity index (χ1n) is 13.0. The van der Waals surface area contributed by atoms with Crippen LogP contribution in [0.25, 0.3) is 0 Å². The van der Waals surface area contributed by atoms with Crippen molar-refractivity contribution in [2.75, 3.05) is 0 Å². The van der Waals surface area contributed by atoms with Crippen LogP contribution in [-0.2, 0) is 0 Å². The largest absolute Gasteiger partial charge is 0.393 e. The Morgan fingerprint density at radius 3 is 2.50 bits per heavy atom. The van der Waals surface area contributed by atoms with E-state index in [4.69, 9.17) is 0 Å². The predicted octanol–water partition coefficient (Wildman–Crippen LogP) is 7.43. The third-order valence-electron chi connectivity index (χ3n) is 10.6. The van der Waals surface area contributed by atoms with Crippen LogP contribution in [0.4, 0.5) is 0 Å². The van der Waals surface area contributed by atoms with Gasteiger partial charge in [0, 0.05) is 0 Å². The molecule has 0 radical (unpaired) electrons. The fourth-order valence-corrected chi connectivity index (χ4v) is 8.73. The van der Waals surface area contributed by atoms with Crippen LogP contribution >= 0.6 is 0 Å². The number of hydrogen-bond donors (Lipinski definition) is 1. The Balaban J connectivity index is 1.60. The van der Waals surface area contributed by atoms with Crippen molar-refractivity contribution in [3.05, 3.63) is 11.1 Å². The minimum atomic E-state index is -0.310. The van der Waals surface area contributed by atoms with E-state index in [1.165, 1.54) is 44.9 Å². The van der Waals surface area contributed by atoms with Gasteiger partial charge in [0.2, 0.25) is 0 Å². The van der Waals surface area contributed by atoms with E-state index in [0.29, 0.717) is 17.8 Å². The van der Waals surface area contributed by atoms with Crippen molar-refractivity contribution >= 4 is 0 Å². The zero-order valence-corrected chi connectivity index (χ0v) is 20.3. The van der Waals surface area contributed by atoms with Crippen molar-refractivity contribution < 1.29 is 5.11 Å². The number of fused-ring (bicyclic) bond motifs is 4. The molecule has 3 saturated carbocycles. The molecular formula is C28H45NO. The van der Waals surface area contributed by atoms with Crippen LogP contribution in [0.15, 0.2) is 11.1 Å². The van der Waals surface area contributed by atoms with Crippen molar-refractivity contribution in [3.63, 3.8) is 0 Å². The molecule has 1 N–H and O–H groups in total. The van der Waals surface area contributed by atoms with Crippen LogP contribution in [-0.4, -0.2) is 11.2 Å². The van der Waals surface area contributed by atoms with Gasteiger partial charge < -0.3 is 5.11 Å². The van der Waals surface area contributed by atoms with Crippen molar-refractivity contribution in [2.24, 2.45) is 39.9 Å². The molecule has 4 aliphatic rings. The SMILES string of the molecule is CC(C)CCC[C@@H](C)[C@H]1CCC2=C3CC[C@@]4(C#N)C[C@@H](O)CC[C@]4(C)[C@H]3CC[C@@]21C. The van der Waals surface area contributed by atoms with Crippen LogP contribution in [0.5, 0.6) is 0 Å². The quantitative estimate of drug-likeness (QED) is 0.478. The van der Waals surface area contributed by atoms with Crippen LogP contribution in [0.3, 0.4) is 0 Å². The summed E-state index contributed by atoms with van der Waals surface area (Å²) >= 11 is 0. The molecule has 0 saturated heterocycles. The van der Waals surface area contributed by atoms with Gasteiger partial charge in [0.15, 0.2) is 0 Å². The van der Waals surface area contributed by atoms with Crippen molar-refractivity contribution in [1.82, 2.24) is 0 Å². The zero-order valence-electron chi connectivity index (χ0n) is 20.3. The van der Waals surface area contributed by atoms with Crippen LogP contribution < -0.4 is 0 Å². The molecular weight excluding hydrogens is 366 g/mol. The van der Waals surface area contributed by atoms with Gasteiger partial charge in [0.1, 0.15) is 0 Å². The summed E-state index contributed by atoms with van der Waals surface area (Å²) in [4.78, 5) is 0. The van der Waals surface area contributed by atoms with E-state index in [9.17, 15) is 10.4 Å². The molecule has 4 aliphatic carbocycles. The summed E-state index contributed by atoms with van der Waals surface area (Å²) in [6, 6.07) is 2.77. The van der Waals surface area contributed by atoms with Gasteiger partial charge in [-0.2, -0.15) is 5.26 Å². The lowest BCUT2D eigenvalue weighted by atomic mass is 9.43. The summed E-state index contributed by atoms with van der Waals surface area (Å²) in [5.41, 5.74) is 3.74. The first kappa shape index (κ1) is 22.4. The van der Waals surface area contributed by atoms with Crippen LogP contribution in [0.1, 0.15) is 112 Å². The van der Waals surface area contributed by atoms with Gasteiger partial charge in [-0.3, -0.25) is 0 Å². The highest BCUT2D eigenvalue weighted by Gasteiger charge is 2.61. The molecule has 30 heavy (non-hydrogen) atoms. The summed E-state index contributed by atoms with van der Waals surface area (Å²) in [6.07, 6.45) is 13.8. The number of nitrogens with zero attached hydrogens (tertiary/aromatic N) is 1. The number of rotatable bonds is 5. The van der Waals surface area contributed by atoms with Gasteiger partial charge in [-0.1, -0.05) is 65.0 Å². The van der Waals surface area contributed by atoms with Gasteiger partial charge in [0.05, 0.1) is 17.6 Å². The molecule has 2 nitrogen and oxygen atoms in total. The molecule has 0 spiro atoms. The van der Waals surface area contributed by atoms with E-state index in [1.54, 1.807) is 5.57 Å². The summed E-state index contributed by atoms with van der Waals surface area (Å²) in [7, 11) is 0. The third kappa shape index (κ3) is 3.30. The zero-order chi connectivity index (χ0) is 21.7. The molecule has 3 fully saturated rings. The third-order valence-corrected chi connectivity index (χ3v) is 10.6. The highest BCUT2D eigenvalue weighted by Crippen LogP contribution is 2.69. The van der Waals surface area contributed by atoms with E-state index in [1.807, 2.05) is 5.57 Å². The van der Waals surface area contributed by atoms with E-state index < -0.39 is 0 Å². The van der Waals surface area contributed by atoms with E-state index in [-0.39, 0.29) is 16.9 Å². The van der Waals surface area contributed by atoms with Gasteiger partial charge in [-0.25, -0.2) is 0 Å². The molecule has 168 valence electrons. The fourth-order valence-electron chi connectivity index (χ4n) is 8.73. The standard InChI is InChI=1S/C28H45NO/c1-19(2)7-6-8-20(3)23-9-10-24-22-12-16-28(18-29)17-21(30)11-15-27(28,5)25(22)13-14-26(23,24)4/h19-21,23,25,30H,6-17H2,1-5H3/t20-,21+,23-,25+,26-,27-,28+/m1/s1. The molecule has 0 heterocycles. The van der Waals surface area contributed by atoms with Gasteiger partial charge in [-0.15, -0.1) is 0 Å². The highest BCUT2D eigenvalue weighted by atomic mass is 16.3. The maximum absolute atomic E-state index is 10.4. The lowest BCUT2D eigenvalue weighted by Crippen LogP contribution is -2.54. The molecule has 2 heteroatoms. The van der Waals surface area contributed by atoms with Gasteiger partial charge in [-0.05, 0) is 92.3 Å². The summed E-state index contributed by atoms with van der Waals surface area (Å²) in [5.74, 6) is 3.07. The summed E-state index contributed by atoms with van der Waals surface area (Å²) in [6.45, 7) is 12.2. The molecule has 0 aromatic heterocycles. The Kier molecular flexibility index (Phi) is 5.93. The maximum Gasteiger partial charge on any atom is 0.0696 e. The predicted molar refractivity (Wildman–Crippen MR) is 124 cm³/mol. The average molecular weight is 412 g/mol. The number of aliphatic hydroxyl groups is 1. The fraction of sp³-hybridized carbons (Fsp3) is 0.893. The smallest absolute Gasteiger partial charge is 0.0696 e. The second-order valence-corrected chi connectivity index (χ2v) is 12.5. The maximum atomic E-state index is 10.4.